The second kappa shape index (κ2) is 77.5. The van der Waals surface area contributed by atoms with Crippen LogP contribution in [0.3, 0.4) is 0 Å². The molecule has 0 heterocycles. The molecule has 0 aliphatic carbocycles. The predicted octanol–water partition coefficient (Wildman–Crippen LogP) is 26.9. The Balaban J connectivity index is 3.45. The summed E-state index contributed by atoms with van der Waals surface area (Å²) in [6.45, 7) is 4.05. The fourth-order valence-corrected chi connectivity index (χ4v) is 11.1. The highest BCUT2D eigenvalue weighted by atomic mass is 16.6. The minimum Gasteiger partial charge on any atom is -0.462 e. The molecule has 0 aromatic heterocycles. The molecule has 0 aromatic rings. The SMILES string of the molecule is CC/C=C\C/C=C\C/C=C\C/C=C\C/C=C\C/C=C\C/C=C\C/C=C\CCCCCCCCCCCCCCC(=O)OC(CO)COC(=O)CCCCCCCCCCCCCCCCCCCCCCCCCCC/C=C\C/C=C\CCCCCCC. The van der Waals surface area contributed by atoms with Crippen LogP contribution in [-0.2, 0) is 19.1 Å². The van der Waals surface area contributed by atoms with E-state index < -0.39 is 6.10 Å². The van der Waals surface area contributed by atoms with Crippen molar-refractivity contribution in [3.63, 3.8) is 0 Å². The summed E-state index contributed by atoms with van der Waals surface area (Å²) in [5.74, 6) is -0.581. The van der Waals surface area contributed by atoms with Crippen molar-refractivity contribution < 1.29 is 24.2 Å². The van der Waals surface area contributed by atoms with Gasteiger partial charge in [0, 0.05) is 12.8 Å². The quantitative estimate of drug-likeness (QED) is 0.0373. The fourth-order valence-electron chi connectivity index (χ4n) is 11.1. The molecule has 0 saturated heterocycles. The number of aliphatic hydroxyl groups excluding tert-OH is 1. The normalized spacial score (nSPS) is 12.9. The van der Waals surface area contributed by atoms with Gasteiger partial charge in [-0.1, -0.05) is 373 Å². The largest absolute Gasteiger partial charge is 0.462 e. The van der Waals surface area contributed by atoms with Crippen LogP contribution in [0.5, 0.6) is 0 Å². The number of ether oxygens (including phenoxy) is 2. The van der Waals surface area contributed by atoms with Crippen molar-refractivity contribution in [2.75, 3.05) is 13.2 Å². The van der Waals surface area contributed by atoms with Gasteiger partial charge in [0.25, 0.3) is 0 Å². The van der Waals surface area contributed by atoms with E-state index in [1.807, 2.05) is 0 Å². The maximum Gasteiger partial charge on any atom is 0.306 e. The zero-order valence-electron chi connectivity index (χ0n) is 58.2. The predicted molar refractivity (Wildman–Crippen MR) is 389 cm³/mol. The van der Waals surface area contributed by atoms with Crippen LogP contribution in [0.25, 0.3) is 0 Å². The van der Waals surface area contributed by atoms with Crippen LogP contribution in [0.15, 0.2) is 122 Å². The van der Waals surface area contributed by atoms with E-state index in [4.69, 9.17) is 9.47 Å². The standard InChI is InChI=1S/C83H144O5/c1-3-5-7-9-11-13-15-17-19-21-23-25-27-29-31-33-35-37-39-41-43-45-47-49-51-53-55-57-59-61-63-65-67-69-71-73-75-77-82(85)87-80-81(79-84)88-83(86)78-76-74-72-70-68-66-64-62-60-58-56-54-52-50-48-46-44-42-40-38-36-34-32-30-28-26-24-22-20-18-16-14-12-10-8-6-4-2/h6,8,12,14-15,17-18,20-21,23-24,26,30,32,36,38,42,44,48,50,81,84H,3-5,7,9-11,13,16,19,22,25,27-29,31,33-35,37,39-41,43,45-47,49,51-80H2,1-2H3/b8-6-,14-12-,17-15-,20-18-,23-21-,26-24-,32-30-,38-36-,44-42-,50-48-. The Kier molecular flexibility index (Phi) is 74.3. The molecule has 1 atom stereocenters. The molecule has 0 aliphatic heterocycles. The van der Waals surface area contributed by atoms with E-state index in [1.54, 1.807) is 0 Å². The van der Waals surface area contributed by atoms with E-state index in [1.165, 1.54) is 250 Å². The number of hydrogen-bond acceptors (Lipinski definition) is 5. The molecule has 0 aliphatic rings. The van der Waals surface area contributed by atoms with Crippen molar-refractivity contribution >= 4 is 11.9 Å². The second-order valence-electron chi connectivity index (χ2n) is 25.3. The number of carbonyl (C=O) groups is 2. The van der Waals surface area contributed by atoms with E-state index >= 15 is 0 Å². The van der Waals surface area contributed by atoms with Gasteiger partial charge in [0.2, 0.25) is 0 Å². The molecule has 88 heavy (non-hydrogen) atoms. The van der Waals surface area contributed by atoms with Gasteiger partial charge in [-0.05, 0) is 109 Å². The van der Waals surface area contributed by atoms with E-state index in [2.05, 4.69) is 135 Å². The Morgan fingerprint density at radius 3 is 0.739 bits per heavy atom. The summed E-state index contributed by atoms with van der Waals surface area (Å²) in [7, 11) is 0. The van der Waals surface area contributed by atoms with Gasteiger partial charge in [0.1, 0.15) is 6.61 Å². The maximum absolute atomic E-state index is 12.4. The van der Waals surface area contributed by atoms with Crippen molar-refractivity contribution in [1.29, 1.82) is 0 Å². The van der Waals surface area contributed by atoms with Gasteiger partial charge in [-0.2, -0.15) is 0 Å². The molecule has 5 heteroatoms. The summed E-state index contributed by atoms with van der Waals surface area (Å²) in [4.78, 5) is 24.7. The zero-order chi connectivity index (χ0) is 63.3. The Labute approximate surface area is 547 Å². The average molecular weight is 1220 g/mol. The highest BCUT2D eigenvalue weighted by Gasteiger charge is 2.16. The third-order valence-corrected chi connectivity index (χ3v) is 16.7. The molecule has 0 bridgehead atoms. The highest BCUT2D eigenvalue weighted by Crippen LogP contribution is 2.18. The van der Waals surface area contributed by atoms with Crippen molar-refractivity contribution in [3.8, 4) is 0 Å². The molecule has 0 aromatic carbocycles. The van der Waals surface area contributed by atoms with Crippen LogP contribution < -0.4 is 0 Å². The first-order valence-electron chi connectivity index (χ1n) is 38.1. The average Bonchev–Trinajstić information content (AvgIpc) is 3.55. The van der Waals surface area contributed by atoms with Crippen molar-refractivity contribution in [1.82, 2.24) is 0 Å². The Hall–Kier alpha value is -3.70. The Morgan fingerprint density at radius 1 is 0.273 bits per heavy atom. The minimum absolute atomic E-state index is 0.0674. The summed E-state index contributed by atoms with van der Waals surface area (Å²) in [6.07, 6.45) is 114. The first kappa shape index (κ1) is 84.3. The van der Waals surface area contributed by atoms with Crippen LogP contribution in [-0.4, -0.2) is 36.4 Å². The lowest BCUT2D eigenvalue weighted by atomic mass is 10.0. The zero-order valence-corrected chi connectivity index (χ0v) is 58.2. The van der Waals surface area contributed by atoms with E-state index in [0.717, 1.165) is 96.3 Å². The molecule has 1 N–H and O–H groups in total. The van der Waals surface area contributed by atoms with Gasteiger partial charge in [-0.25, -0.2) is 0 Å². The van der Waals surface area contributed by atoms with Gasteiger partial charge >= 0.3 is 11.9 Å². The van der Waals surface area contributed by atoms with Gasteiger partial charge < -0.3 is 14.6 Å². The Morgan fingerprint density at radius 2 is 0.489 bits per heavy atom. The first-order chi connectivity index (χ1) is 43.6. The first-order valence-corrected chi connectivity index (χ1v) is 38.1. The number of aliphatic hydroxyl groups is 1. The van der Waals surface area contributed by atoms with Crippen LogP contribution in [0.4, 0.5) is 0 Å². The molecule has 506 valence electrons. The smallest absolute Gasteiger partial charge is 0.306 e. The Bertz CT molecular complexity index is 1720. The highest BCUT2D eigenvalue weighted by molar-refractivity contribution is 5.70. The monoisotopic (exact) mass is 1220 g/mol. The number of carbonyl (C=O) groups excluding carboxylic acids is 2. The molecular formula is C83H144O5. The molecule has 0 rings (SSSR count). The number of hydrogen-bond donors (Lipinski definition) is 1. The third-order valence-electron chi connectivity index (χ3n) is 16.7. The van der Waals surface area contributed by atoms with Gasteiger partial charge in [-0.15, -0.1) is 0 Å². The number of allylic oxidation sites excluding steroid dienone is 20. The van der Waals surface area contributed by atoms with Crippen molar-refractivity contribution in [3.05, 3.63) is 122 Å². The fraction of sp³-hybridized carbons (Fsp3) is 0.735. The summed E-state index contributed by atoms with van der Waals surface area (Å²) >= 11 is 0. The number of esters is 2. The van der Waals surface area contributed by atoms with Gasteiger partial charge in [-0.3, -0.25) is 9.59 Å². The molecule has 0 saturated carbocycles. The van der Waals surface area contributed by atoms with Crippen LogP contribution in [0, 0.1) is 0 Å². The lowest BCUT2D eigenvalue weighted by Gasteiger charge is -2.15. The third kappa shape index (κ3) is 74.8. The summed E-state index contributed by atoms with van der Waals surface area (Å²) in [5.41, 5.74) is 0. The van der Waals surface area contributed by atoms with E-state index in [0.29, 0.717) is 12.8 Å². The molecule has 0 fully saturated rings. The van der Waals surface area contributed by atoms with Crippen LogP contribution in [0.2, 0.25) is 0 Å². The number of unbranched alkanes of at least 4 members (excludes halogenated alkanes) is 42. The van der Waals surface area contributed by atoms with E-state index in [-0.39, 0.29) is 25.2 Å². The number of rotatable bonds is 70. The molecule has 5 nitrogen and oxygen atoms in total. The van der Waals surface area contributed by atoms with Gasteiger partial charge in [0.05, 0.1) is 6.61 Å². The second-order valence-corrected chi connectivity index (χ2v) is 25.3. The van der Waals surface area contributed by atoms with Crippen molar-refractivity contribution in [2.24, 2.45) is 0 Å². The summed E-state index contributed by atoms with van der Waals surface area (Å²) < 4.78 is 10.8. The maximum atomic E-state index is 12.4. The van der Waals surface area contributed by atoms with Crippen molar-refractivity contribution in [2.45, 2.75) is 380 Å². The van der Waals surface area contributed by atoms with Crippen LogP contribution >= 0.6 is 0 Å². The minimum atomic E-state index is -0.780. The molecule has 0 radical (unpaired) electrons. The summed E-state index contributed by atoms with van der Waals surface area (Å²) in [5, 5.41) is 9.72. The van der Waals surface area contributed by atoms with Crippen LogP contribution in [0.1, 0.15) is 373 Å². The van der Waals surface area contributed by atoms with Gasteiger partial charge in [0.15, 0.2) is 6.10 Å². The molecule has 1 unspecified atom stereocenters. The summed E-state index contributed by atoms with van der Waals surface area (Å²) in [6, 6.07) is 0. The lowest BCUT2D eigenvalue weighted by molar-refractivity contribution is -0.161. The lowest BCUT2D eigenvalue weighted by Crippen LogP contribution is -2.28. The molecule has 0 amide bonds. The topological polar surface area (TPSA) is 72.8 Å². The van der Waals surface area contributed by atoms with E-state index in [9.17, 15) is 14.7 Å². The molecule has 0 spiro atoms. The molecular weight excluding hydrogens is 1080 g/mol.